The highest BCUT2D eigenvalue weighted by molar-refractivity contribution is 7.15. The molecule has 0 spiro atoms. The number of nitrogens with one attached hydrogen (secondary N) is 1. The molecule has 152 valence electrons. The van der Waals surface area contributed by atoms with Crippen LogP contribution in [0.1, 0.15) is 29.5 Å². The molecule has 2 aromatic carbocycles. The number of carbonyl (C=O) groups excluding carboxylic acids is 1. The lowest BCUT2D eigenvalue weighted by Gasteiger charge is -2.07. The van der Waals surface area contributed by atoms with Crippen LogP contribution < -0.4 is 10.1 Å². The van der Waals surface area contributed by atoms with E-state index in [-0.39, 0.29) is 18.0 Å². The number of rotatable bonds is 8. The monoisotopic (exact) mass is 422 g/mol. The number of amides is 1. The van der Waals surface area contributed by atoms with Gasteiger partial charge in [-0.3, -0.25) is 10.1 Å². The van der Waals surface area contributed by atoms with Crippen LogP contribution in [0.25, 0.3) is 6.08 Å². The van der Waals surface area contributed by atoms with Crippen LogP contribution in [-0.2, 0) is 17.8 Å². The second-order valence-corrected chi connectivity index (χ2v) is 7.42. The van der Waals surface area contributed by atoms with Gasteiger partial charge in [0.05, 0.1) is 0 Å². The molecule has 3 rings (SSSR count). The van der Waals surface area contributed by atoms with Crippen molar-refractivity contribution in [3.05, 3.63) is 76.1 Å². The zero-order valence-electron chi connectivity index (χ0n) is 16.3. The number of nitrogens with zero attached hydrogens (tertiary/aromatic N) is 3. The summed E-state index contributed by atoms with van der Waals surface area (Å²) in [5.41, 5.74) is 1.41. The molecule has 0 radical (unpaired) electrons. The van der Waals surface area contributed by atoms with E-state index in [4.69, 9.17) is 4.74 Å². The number of ether oxygens (including phenoxy) is 1. The Kier molecular flexibility index (Phi) is 7.24. The first-order chi connectivity index (χ1) is 14.6. The predicted molar refractivity (Wildman–Crippen MR) is 113 cm³/mol. The number of hydrogen-bond donors (Lipinski definition) is 1. The van der Waals surface area contributed by atoms with Crippen molar-refractivity contribution in [2.24, 2.45) is 0 Å². The minimum Gasteiger partial charge on any atom is -0.489 e. The van der Waals surface area contributed by atoms with E-state index in [1.165, 1.54) is 29.5 Å². The predicted octanol–water partition coefficient (Wildman–Crippen LogP) is 4.75. The zero-order valence-corrected chi connectivity index (χ0v) is 17.1. The topological polar surface area (TPSA) is 87.9 Å². The van der Waals surface area contributed by atoms with Gasteiger partial charge in [0.25, 0.3) is 5.91 Å². The summed E-state index contributed by atoms with van der Waals surface area (Å²) >= 11 is 1.29. The maximum Gasteiger partial charge on any atom is 0.268 e. The van der Waals surface area contributed by atoms with Crippen molar-refractivity contribution >= 4 is 28.5 Å². The molecule has 8 heteroatoms. The van der Waals surface area contributed by atoms with E-state index in [9.17, 15) is 14.4 Å². The van der Waals surface area contributed by atoms with Crippen LogP contribution in [0.15, 0.2) is 54.1 Å². The minimum atomic E-state index is -0.547. The quantitative estimate of drug-likeness (QED) is 0.418. The van der Waals surface area contributed by atoms with Gasteiger partial charge in [-0.2, -0.15) is 5.26 Å². The van der Waals surface area contributed by atoms with Crippen molar-refractivity contribution < 1.29 is 13.9 Å². The summed E-state index contributed by atoms with van der Waals surface area (Å²) in [6, 6.07) is 15.0. The summed E-state index contributed by atoms with van der Waals surface area (Å²) in [6.07, 6.45) is 3.21. The molecule has 1 heterocycles. The van der Waals surface area contributed by atoms with E-state index in [1.54, 1.807) is 36.4 Å². The second kappa shape index (κ2) is 10.3. The third-order valence-electron chi connectivity index (χ3n) is 4.00. The van der Waals surface area contributed by atoms with Gasteiger partial charge >= 0.3 is 0 Å². The first-order valence-corrected chi connectivity index (χ1v) is 10.1. The lowest BCUT2D eigenvalue weighted by molar-refractivity contribution is -0.112. The van der Waals surface area contributed by atoms with Crippen LogP contribution in [0.2, 0.25) is 0 Å². The molecule has 0 aliphatic heterocycles. The number of hydrogen-bond acceptors (Lipinski definition) is 6. The Morgan fingerprint density at radius 2 is 2.07 bits per heavy atom. The molecule has 0 saturated carbocycles. The van der Waals surface area contributed by atoms with Crippen molar-refractivity contribution in [2.45, 2.75) is 26.4 Å². The number of benzene rings is 2. The highest BCUT2D eigenvalue weighted by Gasteiger charge is 2.13. The molecular formula is C22H19FN4O2S. The third kappa shape index (κ3) is 5.96. The first-order valence-electron chi connectivity index (χ1n) is 9.30. The Morgan fingerprint density at radius 1 is 1.27 bits per heavy atom. The van der Waals surface area contributed by atoms with Crippen LogP contribution in [0.5, 0.6) is 5.75 Å². The molecule has 0 atom stereocenters. The summed E-state index contributed by atoms with van der Waals surface area (Å²) in [7, 11) is 0. The fraction of sp³-hybridized carbons (Fsp3) is 0.182. The molecule has 0 aliphatic carbocycles. The van der Waals surface area contributed by atoms with Gasteiger partial charge in [-0.25, -0.2) is 4.39 Å². The van der Waals surface area contributed by atoms with E-state index in [2.05, 4.69) is 15.5 Å². The summed E-state index contributed by atoms with van der Waals surface area (Å²) in [4.78, 5) is 12.4. The average molecular weight is 422 g/mol. The van der Waals surface area contributed by atoms with Gasteiger partial charge in [0.15, 0.2) is 0 Å². The molecule has 30 heavy (non-hydrogen) atoms. The summed E-state index contributed by atoms with van der Waals surface area (Å²) < 4.78 is 18.7. The summed E-state index contributed by atoms with van der Waals surface area (Å²) in [6.45, 7) is 2.31. The molecule has 1 aromatic heterocycles. The van der Waals surface area contributed by atoms with E-state index >= 15 is 0 Å². The Morgan fingerprint density at radius 3 is 2.80 bits per heavy atom. The maximum absolute atomic E-state index is 13.0. The van der Waals surface area contributed by atoms with Crippen LogP contribution in [0.4, 0.5) is 9.52 Å². The SMILES string of the molecule is CCCc1nnc(NC(=O)/C(C#N)=C\c2cccc(OCc3ccc(F)cc3)c2)s1. The molecule has 0 bridgehead atoms. The second-order valence-electron chi connectivity index (χ2n) is 6.36. The normalized spacial score (nSPS) is 11.0. The number of aryl methyl sites for hydroxylation is 1. The van der Waals surface area contributed by atoms with Crippen LogP contribution in [0, 0.1) is 17.1 Å². The van der Waals surface area contributed by atoms with Crippen molar-refractivity contribution in [3.63, 3.8) is 0 Å². The fourth-order valence-electron chi connectivity index (χ4n) is 2.54. The third-order valence-corrected chi connectivity index (χ3v) is 4.90. The van der Waals surface area contributed by atoms with Gasteiger partial charge in [0.1, 0.15) is 34.8 Å². The zero-order chi connectivity index (χ0) is 21.3. The molecule has 3 aromatic rings. The lowest BCUT2D eigenvalue weighted by Crippen LogP contribution is -2.13. The van der Waals surface area contributed by atoms with Gasteiger partial charge < -0.3 is 4.74 Å². The number of nitriles is 1. The number of carbonyl (C=O) groups is 1. The highest BCUT2D eigenvalue weighted by atomic mass is 32.1. The van der Waals surface area contributed by atoms with Crippen molar-refractivity contribution in [1.29, 1.82) is 5.26 Å². The summed E-state index contributed by atoms with van der Waals surface area (Å²) in [5, 5.41) is 21.1. The van der Waals surface area contributed by atoms with E-state index < -0.39 is 5.91 Å². The Bertz CT molecular complexity index is 1090. The van der Waals surface area contributed by atoms with E-state index in [0.717, 1.165) is 23.4 Å². The first kappa shape index (κ1) is 21.1. The minimum absolute atomic E-state index is 0.0575. The van der Waals surface area contributed by atoms with Gasteiger partial charge in [-0.1, -0.05) is 42.5 Å². The Balaban J connectivity index is 1.67. The molecule has 1 amide bonds. The van der Waals surface area contributed by atoms with Crippen molar-refractivity contribution in [3.8, 4) is 11.8 Å². The van der Waals surface area contributed by atoms with E-state index in [0.29, 0.717) is 16.4 Å². The van der Waals surface area contributed by atoms with E-state index in [1.807, 2.05) is 13.0 Å². The van der Waals surface area contributed by atoms with Crippen molar-refractivity contribution in [2.75, 3.05) is 5.32 Å². The Hall–Kier alpha value is -3.57. The largest absolute Gasteiger partial charge is 0.489 e. The van der Waals surface area contributed by atoms with Gasteiger partial charge in [0, 0.05) is 6.42 Å². The van der Waals surface area contributed by atoms with Gasteiger partial charge in [0.2, 0.25) is 5.13 Å². The average Bonchev–Trinajstić information content (AvgIpc) is 3.19. The molecule has 1 N–H and O–H groups in total. The van der Waals surface area contributed by atoms with Crippen LogP contribution in [0.3, 0.4) is 0 Å². The number of anilines is 1. The molecular weight excluding hydrogens is 403 g/mol. The molecule has 0 fully saturated rings. The molecule has 0 aliphatic rings. The molecule has 0 unspecified atom stereocenters. The van der Waals surface area contributed by atoms with Crippen molar-refractivity contribution in [1.82, 2.24) is 10.2 Å². The molecule has 0 saturated heterocycles. The van der Waals surface area contributed by atoms with Gasteiger partial charge in [-0.15, -0.1) is 10.2 Å². The Labute approximate surface area is 177 Å². The van der Waals surface area contributed by atoms with Crippen LogP contribution in [-0.4, -0.2) is 16.1 Å². The lowest BCUT2D eigenvalue weighted by atomic mass is 10.1. The maximum atomic E-state index is 13.0. The van der Waals surface area contributed by atoms with Crippen LogP contribution >= 0.6 is 11.3 Å². The highest BCUT2D eigenvalue weighted by Crippen LogP contribution is 2.20. The standard InChI is InChI=1S/C22H19FN4O2S/c1-2-4-20-26-27-22(30-20)25-21(28)17(13-24)11-16-5-3-6-19(12-16)29-14-15-7-9-18(23)10-8-15/h3,5-12H,2,4,14H2,1H3,(H,25,27,28)/b17-11-. The van der Waals surface area contributed by atoms with Gasteiger partial charge in [-0.05, 0) is 47.9 Å². The molecule has 6 nitrogen and oxygen atoms in total. The number of halogens is 1. The number of aromatic nitrogens is 2. The fourth-order valence-corrected chi connectivity index (χ4v) is 3.38. The smallest absolute Gasteiger partial charge is 0.268 e. The summed E-state index contributed by atoms with van der Waals surface area (Å²) in [5.74, 6) is -0.281.